The second-order valence-corrected chi connectivity index (χ2v) is 3.21. The number of carbonyl (C=O) groups is 2. The molecule has 0 aliphatic carbocycles. The molecule has 90 valence electrons. The Labute approximate surface area is 99.1 Å². The molecule has 0 saturated carbocycles. The summed E-state index contributed by atoms with van der Waals surface area (Å²) < 4.78 is 9.31. The molecule has 0 atom stereocenters. The zero-order valence-electron chi connectivity index (χ0n) is 9.67. The van der Waals surface area contributed by atoms with Crippen LogP contribution >= 0.6 is 0 Å². The summed E-state index contributed by atoms with van der Waals surface area (Å²) in [5.74, 6) is -0.280. The monoisotopic (exact) mass is 235 g/mol. The minimum atomic E-state index is -0.391. The molecule has 0 aromatic heterocycles. The Balaban J connectivity index is 2.56. The van der Waals surface area contributed by atoms with Gasteiger partial charge < -0.3 is 9.47 Å². The molecular weight excluding hydrogens is 222 g/mol. The Bertz CT molecular complexity index is 423. The number of rotatable bonds is 4. The van der Waals surface area contributed by atoms with Crippen LogP contribution in [0.5, 0.6) is 5.75 Å². The molecule has 17 heavy (non-hydrogen) atoms. The molecule has 0 amide bonds. The molecule has 0 radical (unpaired) electrons. The van der Waals surface area contributed by atoms with Gasteiger partial charge in [0.2, 0.25) is 0 Å². The van der Waals surface area contributed by atoms with Crippen molar-refractivity contribution in [1.29, 1.82) is 0 Å². The molecule has 1 aromatic carbocycles. The lowest BCUT2D eigenvalue weighted by atomic mass is 10.2. The summed E-state index contributed by atoms with van der Waals surface area (Å²) in [5, 5.41) is 0. The van der Waals surface area contributed by atoms with Crippen LogP contribution in [0.1, 0.15) is 12.5 Å². The third kappa shape index (κ3) is 4.92. The molecule has 5 heteroatoms. The Hall–Kier alpha value is -2.17. The van der Waals surface area contributed by atoms with Gasteiger partial charge in [0, 0.05) is 13.1 Å². The number of benzene rings is 1. The molecule has 0 heterocycles. The normalized spacial score (nSPS) is 10.2. The van der Waals surface area contributed by atoms with Crippen LogP contribution in [0.2, 0.25) is 0 Å². The van der Waals surface area contributed by atoms with E-state index in [1.165, 1.54) is 14.0 Å². The zero-order valence-corrected chi connectivity index (χ0v) is 9.67. The first-order chi connectivity index (χ1) is 8.11. The van der Waals surface area contributed by atoms with E-state index in [9.17, 15) is 9.59 Å². The van der Waals surface area contributed by atoms with E-state index < -0.39 is 5.97 Å². The van der Waals surface area contributed by atoms with Gasteiger partial charge in [-0.1, -0.05) is 0 Å². The molecule has 0 bridgehead atoms. The smallest absolute Gasteiger partial charge is 0.327 e. The minimum absolute atomic E-state index is 0.0117. The van der Waals surface area contributed by atoms with Crippen molar-refractivity contribution in [2.24, 2.45) is 4.99 Å². The molecule has 0 unspecified atom stereocenters. The number of esters is 2. The van der Waals surface area contributed by atoms with Crippen molar-refractivity contribution in [3.05, 3.63) is 29.8 Å². The second-order valence-electron chi connectivity index (χ2n) is 3.21. The summed E-state index contributed by atoms with van der Waals surface area (Å²) in [7, 11) is 1.31. The van der Waals surface area contributed by atoms with Gasteiger partial charge in [-0.2, -0.15) is 0 Å². The highest BCUT2D eigenvalue weighted by atomic mass is 16.5. The summed E-state index contributed by atoms with van der Waals surface area (Å²) in [6.45, 7) is 1.33. The van der Waals surface area contributed by atoms with Crippen LogP contribution < -0.4 is 4.74 Å². The highest BCUT2D eigenvalue weighted by Crippen LogP contribution is 2.11. The standard InChI is InChI=1S/C12H13NO4/c1-9(14)17-11-5-3-10(4-6-11)7-13-8-12(15)16-2/h3-7H,8H2,1-2H3. The van der Waals surface area contributed by atoms with Crippen LogP contribution in [0.15, 0.2) is 29.3 Å². The van der Waals surface area contributed by atoms with E-state index in [2.05, 4.69) is 9.73 Å². The Kier molecular flexibility index (Phi) is 4.87. The lowest BCUT2D eigenvalue weighted by Gasteiger charge is -2.00. The summed E-state index contributed by atoms with van der Waals surface area (Å²) in [5.41, 5.74) is 0.810. The first kappa shape index (κ1) is 12.9. The lowest BCUT2D eigenvalue weighted by molar-refractivity contribution is -0.138. The number of hydrogen-bond acceptors (Lipinski definition) is 5. The highest BCUT2D eigenvalue weighted by Gasteiger charge is 1.98. The fraction of sp³-hybridized carbons (Fsp3) is 0.250. The Morgan fingerprint density at radius 1 is 1.29 bits per heavy atom. The van der Waals surface area contributed by atoms with E-state index in [0.717, 1.165) is 5.56 Å². The van der Waals surface area contributed by atoms with Gasteiger partial charge >= 0.3 is 11.9 Å². The average molecular weight is 235 g/mol. The summed E-state index contributed by atoms with van der Waals surface area (Å²) in [6.07, 6.45) is 1.55. The third-order valence-corrected chi connectivity index (χ3v) is 1.83. The molecule has 1 rings (SSSR count). The fourth-order valence-electron chi connectivity index (χ4n) is 1.08. The lowest BCUT2D eigenvalue weighted by Crippen LogP contribution is -2.04. The van der Waals surface area contributed by atoms with Crippen molar-refractivity contribution in [2.75, 3.05) is 13.7 Å². The van der Waals surface area contributed by atoms with Crippen LogP contribution in [-0.2, 0) is 14.3 Å². The quantitative estimate of drug-likeness (QED) is 0.447. The average Bonchev–Trinajstić information content (AvgIpc) is 2.30. The maximum absolute atomic E-state index is 10.8. The van der Waals surface area contributed by atoms with E-state index in [0.29, 0.717) is 5.75 Å². The van der Waals surface area contributed by atoms with E-state index in [-0.39, 0.29) is 12.5 Å². The van der Waals surface area contributed by atoms with Crippen LogP contribution in [0.25, 0.3) is 0 Å². The van der Waals surface area contributed by atoms with Crippen LogP contribution in [0.4, 0.5) is 0 Å². The predicted molar refractivity (Wildman–Crippen MR) is 62.2 cm³/mol. The number of hydrogen-bond donors (Lipinski definition) is 0. The van der Waals surface area contributed by atoms with Crippen molar-refractivity contribution in [3.63, 3.8) is 0 Å². The summed E-state index contributed by atoms with van der Waals surface area (Å²) in [4.78, 5) is 25.4. The van der Waals surface area contributed by atoms with Crippen molar-refractivity contribution < 1.29 is 19.1 Å². The van der Waals surface area contributed by atoms with Gasteiger partial charge in [0.1, 0.15) is 12.3 Å². The van der Waals surface area contributed by atoms with Crippen LogP contribution in [-0.4, -0.2) is 31.8 Å². The van der Waals surface area contributed by atoms with E-state index in [4.69, 9.17) is 4.74 Å². The van der Waals surface area contributed by atoms with Gasteiger partial charge in [0.15, 0.2) is 0 Å². The molecule has 5 nitrogen and oxygen atoms in total. The first-order valence-corrected chi connectivity index (χ1v) is 4.97. The first-order valence-electron chi connectivity index (χ1n) is 4.97. The number of aliphatic imine (C=N–C) groups is 1. The van der Waals surface area contributed by atoms with E-state index >= 15 is 0 Å². The van der Waals surface area contributed by atoms with E-state index in [1.807, 2.05) is 0 Å². The number of carbonyl (C=O) groups excluding carboxylic acids is 2. The van der Waals surface area contributed by atoms with Gasteiger partial charge in [-0.15, -0.1) is 0 Å². The van der Waals surface area contributed by atoms with Gasteiger partial charge in [0.05, 0.1) is 7.11 Å². The maximum Gasteiger partial charge on any atom is 0.327 e. The number of nitrogens with zero attached hydrogens (tertiary/aromatic N) is 1. The summed E-state index contributed by atoms with van der Waals surface area (Å²) >= 11 is 0. The fourth-order valence-corrected chi connectivity index (χ4v) is 1.08. The van der Waals surface area contributed by atoms with Gasteiger partial charge in [-0.3, -0.25) is 14.6 Å². The molecule has 0 aliphatic rings. The van der Waals surface area contributed by atoms with Crippen LogP contribution in [0, 0.1) is 0 Å². The molecular formula is C12H13NO4. The number of ether oxygens (including phenoxy) is 2. The minimum Gasteiger partial charge on any atom is -0.468 e. The molecule has 0 spiro atoms. The summed E-state index contributed by atoms with van der Waals surface area (Å²) in [6, 6.07) is 6.78. The van der Waals surface area contributed by atoms with Crippen molar-refractivity contribution >= 4 is 18.2 Å². The molecule has 1 aromatic rings. The van der Waals surface area contributed by atoms with Gasteiger partial charge in [-0.05, 0) is 29.8 Å². The van der Waals surface area contributed by atoms with Gasteiger partial charge in [-0.25, -0.2) is 0 Å². The molecule has 0 fully saturated rings. The number of methoxy groups -OCH3 is 1. The Morgan fingerprint density at radius 2 is 1.94 bits per heavy atom. The van der Waals surface area contributed by atoms with Gasteiger partial charge in [0.25, 0.3) is 0 Å². The van der Waals surface area contributed by atoms with E-state index in [1.54, 1.807) is 30.5 Å². The van der Waals surface area contributed by atoms with Crippen molar-refractivity contribution in [3.8, 4) is 5.75 Å². The Morgan fingerprint density at radius 3 is 2.47 bits per heavy atom. The topological polar surface area (TPSA) is 65.0 Å². The SMILES string of the molecule is COC(=O)CN=Cc1ccc(OC(C)=O)cc1. The second kappa shape index (κ2) is 6.42. The van der Waals surface area contributed by atoms with Crippen LogP contribution in [0.3, 0.4) is 0 Å². The van der Waals surface area contributed by atoms with Crippen molar-refractivity contribution in [2.45, 2.75) is 6.92 Å². The zero-order chi connectivity index (χ0) is 12.7. The molecule has 0 saturated heterocycles. The third-order valence-electron chi connectivity index (χ3n) is 1.83. The highest BCUT2D eigenvalue weighted by molar-refractivity contribution is 5.82. The predicted octanol–water partition coefficient (Wildman–Crippen LogP) is 1.20. The van der Waals surface area contributed by atoms with Crippen molar-refractivity contribution in [1.82, 2.24) is 0 Å². The largest absolute Gasteiger partial charge is 0.468 e. The maximum atomic E-state index is 10.8. The molecule has 0 N–H and O–H groups in total. The molecule has 0 aliphatic heterocycles.